The minimum absolute atomic E-state index is 0.00731. The van der Waals surface area contributed by atoms with Crippen LogP contribution >= 0.6 is 46.4 Å². The van der Waals surface area contributed by atoms with Crippen molar-refractivity contribution < 1.29 is 38.1 Å². The summed E-state index contributed by atoms with van der Waals surface area (Å²) in [4.78, 5) is 15.3. The van der Waals surface area contributed by atoms with Gasteiger partial charge in [0.05, 0.1) is 58.7 Å². The molecule has 2 fully saturated rings. The molecule has 6 N–H and O–H groups in total. The number of nitrogens with zero attached hydrogens (tertiary/aromatic N) is 5. The number of nitrogens with one attached hydrogen (secondary N) is 1. The number of anilines is 2. The monoisotopic (exact) mass is 1120 g/mol. The summed E-state index contributed by atoms with van der Waals surface area (Å²) < 4.78 is 26.3. The summed E-state index contributed by atoms with van der Waals surface area (Å²) >= 11 is 25.4. The van der Waals surface area contributed by atoms with Crippen LogP contribution in [0.1, 0.15) is 77.6 Å². The molecule has 2 aliphatic heterocycles. The molecule has 8 rings (SSSR count). The first-order valence-corrected chi connectivity index (χ1v) is 28.1. The van der Waals surface area contributed by atoms with E-state index in [4.69, 9.17) is 51.5 Å². The molecule has 2 aromatic heterocycles. The highest BCUT2D eigenvalue weighted by Gasteiger charge is 2.35. The van der Waals surface area contributed by atoms with Gasteiger partial charge in [-0.25, -0.2) is 0 Å². The molecule has 2 aliphatic rings. The summed E-state index contributed by atoms with van der Waals surface area (Å²) in [5.74, 6) is 0. The van der Waals surface area contributed by atoms with Gasteiger partial charge < -0.3 is 40.6 Å². The predicted octanol–water partition coefficient (Wildman–Crippen LogP) is 8.69. The normalized spacial score (nSPS) is 17.7. The van der Waals surface area contributed by atoms with Crippen molar-refractivity contribution in [2.24, 2.45) is 0 Å². The zero-order valence-corrected chi connectivity index (χ0v) is 46.6. The van der Waals surface area contributed by atoms with Crippen molar-refractivity contribution in [3.05, 3.63) is 186 Å². The molecule has 75 heavy (non-hydrogen) atoms. The Morgan fingerprint density at radius 2 is 1.17 bits per heavy atom. The Bertz CT molecular complexity index is 2850. The molecule has 0 unspecified atom stereocenters. The summed E-state index contributed by atoms with van der Waals surface area (Å²) in [6.45, 7) is 10.3. The van der Waals surface area contributed by atoms with Crippen LogP contribution in [0, 0.1) is 0 Å². The number of halogens is 4. The van der Waals surface area contributed by atoms with E-state index in [1.165, 1.54) is 18.7 Å². The van der Waals surface area contributed by atoms with Crippen LogP contribution in [-0.4, -0.2) is 121 Å². The number of hydrogen-bond acceptors (Lipinski definition) is 14. The number of benzene rings is 4. The highest BCUT2D eigenvalue weighted by atomic mass is 35.5. The first-order chi connectivity index (χ1) is 35.7. The van der Waals surface area contributed by atoms with Crippen molar-refractivity contribution in [3.8, 4) is 0 Å². The maximum Gasteiger partial charge on any atom is 0.264 e. The molecule has 6 aromatic rings. The Hall–Kier alpha value is -4.43. The summed E-state index contributed by atoms with van der Waals surface area (Å²) in [6.07, 6.45) is 6.11. The van der Waals surface area contributed by atoms with E-state index in [2.05, 4.69) is 52.4 Å². The van der Waals surface area contributed by atoms with Crippen molar-refractivity contribution in [1.29, 1.82) is 0 Å². The predicted molar refractivity (Wildman–Crippen MR) is 301 cm³/mol. The fourth-order valence-corrected chi connectivity index (χ4v) is 10.3. The second-order valence-corrected chi connectivity index (χ2v) is 22.4. The van der Waals surface area contributed by atoms with E-state index in [1.54, 1.807) is 31.3 Å². The van der Waals surface area contributed by atoms with Crippen molar-refractivity contribution in [3.63, 3.8) is 0 Å². The zero-order valence-electron chi connectivity index (χ0n) is 42.7. The summed E-state index contributed by atoms with van der Waals surface area (Å²) in [5, 5.41) is 55.2. The smallest absolute Gasteiger partial charge is 0.264 e. The quantitative estimate of drug-likeness (QED) is 0.0476. The molecule has 0 amide bonds. The van der Waals surface area contributed by atoms with E-state index in [0.29, 0.717) is 52.8 Å². The van der Waals surface area contributed by atoms with E-state index in [1.807, 2.05) is 79.7 Å². The van der Waals surface area contributed by atoms with Crippen molar-refractivity contribution in [2.75, 3.05) is 81.7 Å². The van der Waals surface area contributed by atoms with E-state index >= 15 is 0 Å². The molecule has 0 aliphatic carbocycles. The second-order valence-electron chi connectivity index (χ2n) is 19.1. The highest BCUT2D eigenvalue weighted by molar-refractivity contribution is 7.86. The van der Waals surface area contributed by atoms with E-state index in [-0.39, 0.29) is 38.5 Å². The Kier molecular flexibility index (Phi) is 22.1. The molecule has 2 saturated heterocycles. The summed E-state index contributed by atoms with van der Waals surface area (Å²) in [5.41, 5.74) is 6.62. The molecule has 0 bridgehead atoms. The largest absolute Gasteiger partial charge is 0.396 e. The lowest BCUT2D eigenvalue weighted by molar-refractivity contribution is 0.00965. The number of hydrogen-bond donors (Lipinski definition) is 6. The van der Waals surface area contributed by atoms with Crippen LogP contribution in [0.5, 0.6) is 0 Å². The lowest BCUT2D eigenvalue weighted by atomic mass is 9.94. The number of β-amino-alcohol motifs (C(OH)–C–C–N with tert-alkyl or cyclic N) is 1. The van der Waals surface area contributed by atoms with Crippen molar-refractivity contribution in [2.45, 2.75) is 69.9 Å². The van der Waals surface area contributed by atoms with Crippen molar-refractivity contribution in [1.82, 2.24) is 20.2 Å². The molecule has 14 nitrogen and oxygen atoms in total. The third kappa shape index (κ3) is 17.3. The molecule has 4 aromatic carbocycles. The number of pyridine rings is 2. The van der Waals surface area contributed by atoms with Gasteiger partial charge in [-0.05, 0) is 116 Å². The maximum atomic E-state index is 11.3. The number of aromatic nitrogens is 2. The molecular weight excluding hydrogens is 1060 g/mol. The van der Waals surface area contributed by atoms with Crippen LogP contribution in [-0.2, 0) is 51.4 Å². The molecule has 0 saturated carbocycles. The number of aliphatic hydroxyl groups is 5. The fourth-order valence-electron chi connectivity index (χ4n) is 8.97. The highest BCUT2D eigenvalue weighted by Crippen LogP contribution is 2.38. The fraction of sp³-hybridized carbons (Fsp3) is 0.393. The average molecular weight is 1130 g/mol. The Morgan fingerprint density at radius 1 is 0.667 bits per heavy atom. The van der Waals surface area contributed by atoms with Crippen LogP contribution in [0.3, 0.4) is 0 Å². The van der Waals surface area contributed by atoms with Gasteiger partial charge in [-0.15, -0.1) is 0 Å². The van der Waals surface area contributed by atoms with Crippen molar-refractivity contribution >= 4 is 67.9 Å². The Labute approximate surface area is 461 Å². The minimum atomic E-state index is -3.56. The molecular formula is C56H68Cl4N6O8S. The van der Waals surface area contributed by atoms with E-state index < -0.39 is 21.3 Å². The minimum Gasteiger partial charge on any atom is -0.396 e. The first kappa shape index (κ1) is 59.8. The molecule has 4 heterocycles. The van der Waals surface area contributed by atoms with Gasteiger partial charge in [0.1, 0.15) is 11.2 Å². The van der Waals surface area contributed by atoms with Gasteiger partial charge in [-0.2, -0.15) is 8.42 Å². The Morgan fingerprint density at radius 3 is 1.64 bits per heavy atom. The topological polar surface area (TPSA) is 192 Å². The van der Waals surface area contributed by atoms with Gasteiger partial charge in [0.2, 0.25) is 0 Å². The molecule has 19 heteroatoms. The van der Waals surface area contributed by atoms with Gasteiger partial charge >= 0.3 is 0 Å². The first-order valence-electron chi connectivity index (χ1n) is 24.8. The van der Waals surface area contributed by atoms with Crippen LogP contribution < -0.4 is 15.1 Å². The summed E-state index contributed by atoms with van der Waals surface area (Å²) in [7, 11) is -3.56. The maximum absolute atomic E-state index is 11.3. The number of aliphatic hydroxyl groups excluding tert-OH is 3. The second kappa shape index (κ2) is 27.8. The molecule has 0 spiro atoms. The van der Waals surface area contributed by atoms with Crippen LogP contribution in [0.25, 0.3) is 0 Å². The molecule has 404 valence electrons. The standard InChI is InChI=1S/C27H31Cl2N3O3.C18H20Cl2N2O.C11H17NO4S/c1-27(35,21-5-8-23(17-34)30-15-21)18-31-11-12-32(25-9-2-19(10-13-33)14-24(25)29)26(16-31)20-3-6-22(28)7-4-20;19-15-4-2-14(3-5-15)18-12-21-8-9-22(18)17-6-1-13(7-10-23)11-16(17)20;1-4-10-6-5-9(7-12-10)11(2,13)8-16-17(3,14)15/h2-9,14-15,26,33-35H,10-13,16-18H2,1H3;1-6,11,18,21,23H,7-10,12H2;5-7,13H,4,8H2,1-3H3/t26-,27+;18-;11-/m001/s1. The average Bonchev–Trinajstić information content (AvgIpc) is 3.39. The van der Waals surface area contributed by atoms with Gasteiger partial charge in [0, 0.05) is 98.3 Å². The SMILES string of the molecule is CCc1ccc([C@](C)(O)COS(C)(=O)=O)cn1.C[C@@](O)(CN1CCN(c2ccc(CCO)cc2Cl)[C@H](c2ccc(Cl)cc2)C1)c1ccc(CO)nc1.OCCc1ccc(N2CCNC[C@H]2c2ccc(Cl)cc2)c(Cl)c1. The van der Waals surface area contributed by atoms with E-state index in [9.17, 15) is 28.8 Å². The number of rotatable bonds is 17. The van der Waals surface area contributed by atoms with Gasteiger partial charge in [0.25, 0.3) is 10.1 Å². The lowest BCUT2D eigenvalue weighted by Gasteiger charge is -2.45. The van der Waals surface area contributed by atoms with E-state index in [0.717, 1.165) is 89.2 Å². The molecule has 0 radical (unpaired) electrons. The van der Waals surface area contributed by atoms with Gasteiger partial charge in [-0.1, -0.05) is 102 Å². The lowest BCUT2D eigenvalue weighted by Crippen LogP contribution is -2.52. The van der Waals surface area contributed by atoms with Crippen LogP contribution in [0.4, 0.5) is 11.4 Å². The van der Waals surface area contributed by atoms with Gasteiger partial charge in [0.15, 0.2) is 0 Å². The zero-order chi connectivity index (χ0) is 54.3. The Balaban J connectivity index is 0.000000197. The number of piperazine rings is 2. The third-order valence-electron chi connectivity index (χ3n) is 13.2. The summed E-state index contributed by atoms with van der Waals surface area (Å²) in [6, 6.07) is 35.2. The number of aryl methyl sites for hydroxylation is 1. The van der Waals surface area contributed by atoms with Gasteiger partial charge in [-0.3, -0.25) is 19.1 Å². The third-order valence-corrected chi connectivity index (χ3v) is 14.8. The van der Waals surface area contributed by atoms with Crippen LogP contribution in [0.2, 0.25) is 20.1 Å². The molecule has 4 atom stereocenters. The van der Waals surface area contributed by atoms with Crippen LogP contribution in [0.15, 0.2) is 122 Å².